The first-order valence-electron chi connectivity index (χ1n) is 11.5. The second-order valence-corrected chi connectivity index (χ2v) is 9.41. The van der Waals surface area contributed by atoms with Crippen molar-refractivity contribution in [3.05, 3.63) is 76.0 Å². The third-order valence-corrected chi connectivity index (χ3v) is 6.81. The fourth-order valence-corrected chi connectivity index (χ4v) is 4.77. The van der Waals surface area contributed by atoms with Crippen molar-refractivity contribution in [2.75, 3.05) is 31.1 Å². The number of hydrogen-bond donors (Lipinski definition) is 1. The number of aliphatic carboxylic acids is 1. The van der Waals surface area contributed by atoms with E-state index in [0.29, 0.717) is 36.9 Å². The van der Waals surface area contributed by atoms with E-state index in [0.717, 1.165) is 16.1 Å². The lowest BCUT2D eigenvalue weighted by atomic mass is 9.96. The van der Waals surface area contributed by atoms with Crippen LogP contribution in [0.1, 0.15) is 39.5 Å². The largest absolute Gasteiger partial charge is 0.488 e. The van der Waals surface area contributed by atoms with Crippen LogP contribution in [0, 0.1) is 17.7 Å². The fourth-order valence-electron chi connectivity index (χ4n) is 3.98. The molecule has 1 saturated heterocycles. The third kappa shape index (κ3) is 6.40. The summed E-state index contributed by atoms with van der Waals surface area (Å²) >= 11 is 1.31. The topological polar surface area (TPSA) is 83.0 Å². The van der Waals surface area contributed by atoms with E-state index in [-0.39, 0.29) is 30.7 Å². The number of piperazine rings is 1. The summed E-state index contributed by atoms with van der Waals surface area (Å²) in [5.41, 5.74) is 1.77. The van der Waals surface area contributed by atoms with E-state index in [4.69, 9.17) is 9.84 Å². The predicted molar refractivity (Wildman–Crippen MR) is 136 cm³/mol. The molecule has 0 bridgehead atoms. The van der Waals surface area contributed by atoms with Crippen LogP contribution in [-0.2, 0) is 11.4 Å². The van der Waals surface area contributed by atoms with Gasteiger partial charge in [-0.2, -0.15) is 0 Å². The van der Waals surface area contributed by atoms with Crippen molar-refractivity contribution in [2.45, 2.75) is 25.9 Å². The molecule has 1 unspecified atom stereocenters. The molecule has 9 heteroatoms. The van der Waals surface area contributed by atoms with Gasteiger partial charge < -0.3 is 19.6 Å². The number of carbonyl (C=O) groups excluding carboxylic acids is 1. The van der Waals surface area contributed by atoms with E-state index in [9.17, 15) is 14.0 Å². The summed E-state index contributed by atoms with van der Waals surface area (Å²) in [4.78, 5) is 33.0. The van der Waals surface area contributed by atoms with Gasteiger partial charge in [-0.3, -0.25) is 9.59 Å². The molecule has 1 atom stereocenters. The zero-order chi connectivity index (χ0) is 25.5. The van der Waals surface area contributed by atoms with Crippen molar-refractivity contribution >= 4 is 28.9 Å². The first kappa shape index (κ1) is 25.2. The smallest absolute Gasteiger partial charge is 0.304 e. The van der Waals surface area contributed by atoms with Crippen LogP contribution in [0.5, 0.6) is 5.75 Å². The van der Waals surface area contributed by atoms with E-state index in [1.807, 2.05) is 12.1 Å². The molecule has 4 rings (SSSR count). The Kier molecular flexibility index (Phi) is 8.18. The van der Waals surface area contributed by atoms with Crippen molar-refractivity contribution in [3.8, 4) is 17.6 Å². The molecule has 0 radical (unpaired) electrons. The van der Waals surface area contributed by atoms with E-state index in [1.54, 1.807) is 42.3 Å². The van der Waals surface area contributed by atoms with Gasteiger partial charge in [-0.15, -0.1) is 17.3 Å². The number of nitrogens with zero attached hydrogens (tertiary/aromatic N) is 3. The SMILES string of the molecule is CC#CC(CC(=O)O)c1ccc(OCc2cnc(C(=O)N3CCN(c4ccc(F)cc4)CC3)s2)cc1. The van der Waals surface area contributed by atoms with Crippen LogP contribution in [0.25, 0.3) is 0 Å². The number of amides is 1. The van der Waals surface area contributed by atoms with Crippen molar-refractivity contribution in [2.24, 2.45) is 0 Å². The number of rotatable bonds is 8. The van der Waals surface area contributed by atoms with Gasteiger partial charge in [0.05, 0.1) is 17.2 Å². The lowest BCUT2D eigenvalue weighted by molar-refractivity contribution is -0.137. The molecule has 1 aliphatic heterocycles. The van der Waals surface area contributed by atoms with Gasteiger partial charge in [-0.05, 0) is 48.9 Å². The molecule has 0 saturated carbocycles. The molecule has 2 heterocycles. The van der Waals surface area contributed by atoms with Crippen LogP contribution in [0.2, 0.25) is 0 Å². The Morgan fingerprint density at radius 1 is 1.11 bits per heavy atom. The number of benzene rings is 2. The van der Waals surface area contributed by atoms with Crippen LogP contribution >= 0.6 is 11.3 Å². The number of thiazole rings is 1. The van der Waals surface area contributed by atoms with Crippen molar-refractivity contribution in [1.82, 2.24) is 9.88 Å². The molecule has 1 fully saturated rings. The molecule has 0 aliphatic carbocycles. The summed E-state index contributed by atoms with van der Waals surface area (Å²) in [6.07, 6.45) is 1.60. The Hall–Kier alpha value is -3.90. The molecule has 1 amide bonds. The number of ether oxygens (including phenoxy) is 1. The van der Waals surface area contributed by atoms with E-state index in [2.05, 4.69) is 21.7 Å². The number of halogens is 1. The standard InChI is InChI=1S/C27H26FN3O4S/c1-2-3-20(16-25(32)33)19-4-10-23(11-5-19)35-18-24-17-29-26(36-24)27(34)31-14-12-30(13-15-31)22-8-6-21(28)7-9-22/h4-11,17,20H,12-16,18H2,1H3,(H,32,33). The number of carboxylic acid groups (broad SMARTS) is 1. The first-order valence-corrected chi connectivity index (χ1v) is 12.4. The maximum absolute atomic E-state index is 13.2. The molecule has 36 heavy (non-hydrogen) atoms. The first-order chi connectivity index (χ1) is 17.4. The maximum Gasteiger partial charge on any atom is 0.304 e. The van der Waals surface area contributed by atoms with Gasteiger partial charge in [0.2, 0.25) is 0 Å². The minimum absolute atomic E-state index is 0.0556. The number of aromatic nitrogens is 1. The lowest BCUT2D eigenvalue weighted by Gasteiger charge is -2.35. The number of anilines is 1. The summed E-state index contributed by atoms with van der Waals surface area (Å²) in [5, 5.41) is 9.52. The number of hydrogen-bond acceptors (Lipinski definition) is 6. The minimum atomic E-state index is -0.895. The Bertz CT molecular complexity index is 1260. The molecular formula is C27H26FN3O4S. The Labute approximate surface area is 213 Å². The van der Waals surface area contributed by atoms with E-state index in [1.165, 1.54) is 23.5 Å². The average Bonchev–Trinajstić information content (AvgIpc) is 3.37. The molecule has 0 spiro atoms. The highest BCUT2D eigenvalue weighted by atomic mass is 32.1. The molecular weight excluding hydrogens is 481 g/mol. The Morgan fingerprint density at radius 3 is 2.44 bits per heavy atom. The number of carbonyl (C=O) groups is 2. The summed E-state index contributed by atoms with van der Waals surface area (Å²) in [6, 6.07) is 13.6. The normalized spacial score (nSPS) is 14.1. The molecule has 2 aromatic carbocycles. The van der Waals surface area contributed by atoms with E-state index < -0.39 is 5.97 Å². The maximum atomic E-state index is 13.2. The monoisotopic (exact) mass is 507 g/mol. The van der Waals surface area contributed by atoms with Crippen LogP contribution < -0.4 is 9.64 Å². The molecule has 1 N–H and O–H groups in total. The van der Waals surface area contributed by atoms with Gasteiger partial charge in [-0.25, -0.2) is 9.37 Å². The summed E-state index contributed by atoms with van der Waals surface area (Å²) in [6.45, 7) is 4.44. The third-order valence-electron chi connectivity index (χ3n) is 5.86. The van der Waals surface area contributed by atoms with Gasteiger partial charge in [0.1, 0.15) is 18.2 Å². The van der Waals surface area contributed by atoms with Gasteiger partial charge in [0.15, 0.2) is 5.01 Å². The highest BCUT2D eigenvalue weighted by Gasteiger charge is 2.24. The van der Waals surface area contributed by atoms with Crippen molar-refractivity contribution in [1.29, 1.82) is 0 Å². The van der Waals surface area contributed by atoms with E-state index >= 15 is 0 Å². The predicted octanol–water partition coefficient (Wildman–Crippen LogP) is 4.41. The molecule has 186 valence electrons. The highest BCUT2D eigenvalue weighted by Crippen LogP contribution is 2.24. The quantitative estimate of drug-likeness (QED) is 0.455. The number of carboxylic acids is 1. The summed E-state index contributed by atoms with van der Waals surface area (Å²) < 4.78 is 19.0. The van der Waals surface area contributed by atoms with Gasteiger partial charge >= 0.3 is 5.97 Å². The van der Waals surface area contributed by atoms with Crippen molar-refractivity contribution in [3.63, 3.8) is 0 Å². The fraction of sp³-hybridized carbons (Fsp3) is 0.296. The zero-order valence-electron chi connectivity index (χ0n) is 19.8. The second-order valence-electron chi connectivity index (χ2n) is 8.29. The second kappa shape index (κ2) is 11.7. The van der Waals surface area contributed by atoms with Crippen LogP contribution in [-0.4, -0.2) is 53.0 Å². The zero-order valence-corrected chi connectivity index (χ0v) is 20.6. The Balaban J connectivity index is 1.29. The molecule has 1 aromatic heterocycles. The van der Waals surface area contributed by atoms with Crippen LogP contribution in [0.3, 0.4) is 0 Å². The van der Waals surface area contributed by atoms with Gasteiger partial charge in [0.25, 0.3) is 5.91 Å². The van der Waals surface area contributed by atoms with Crippen LogP contribution in [0.15, 0.2) is 54.7 Å². The average molecular weight is 508 g/mol. The minimum Gasteiger partial charge on any atom is -0.488 e. The van der Waals surface area contributed by atoms with Crippen molar-refractivity contribution < 1.29 is 23.8 Å². The highest BCUT2D eigenvalue weighted by molar-refractivity contribution is 7.13. The van der Waals surface area contributed by atoms with Crippen LogP contribution in [0.4, 0.5) is 10.1 Å². The molecule has 3 aromatic rings. The summed E-state index contributed by atoms with van der Waals surface area (Å²) in [5.74, 6) is 4.72. The molecule has 7 nitrogen and oxygen atoms in total. The van der Waals surface area contributed by atoms with Gasteiger partial charge in [0, 0.05) is 38.1 Å². The lowest BCUT2D eigenvalue weighted by Crippen LogP contribution is -2.48. The molecule has 1 aliphatic rings. The van der Waals surface area contributed by atoms with Gasteiger partial charge in [-0.1, -0.05) is 18.1 Å². The Morgan fingerprint density at radius 2 is 1.81 bits per heavy atom. The summed E-state index contributed by atoms with van der Waals surface area (Å²) in [7, 11) is 0.